The van der Waals surface area contributed by atoms with E-state index < -0.39 is 10.5 Å². The molecule has 0 amide bonds. The quantitative estimate of drug-likeness (QED) is 0.635. The van der Waals surface area contributed by atoms with Crippen LogP contribution in [0.25, 0.3) is 0 Å². The molecule has 0 bridgehead atoms. The van der Waals surface area contributed by atoms with E-state index in [1.165, 1.54) is 31.5 Å². The molecule has 0 fully saturated rings. The first-order valence-electron chi connectivity index (χ1n) is 5.66. The lowest BCUT2D eigenvalue weighted by Gasteiger charge is -2.10. The molecule has 0 aliphatic carbocycles. The monoisotopic (exact) mass is 329 g/mol. The van der Waals surface area contributed by atoms with Crippen LogP contribution in [0.3, 0.4) is 0 Å². The van der Waals surface area contributed by atoms with Gasteiger partial charge in [-0.1, -0.05) is 23.2 Å². The molecule has 110 valence electrons. The van der Waals surface area contributed by atoms with Crippen LogP contribution in [0.4, 0.5) is 5.69 Å². The van der Waals surface area contributed by atoms with E-state index in [4.69, 9.17) is 27.9 Å². The zero-order valence-corrected chi connectivity index (χ0v) is 12.3. The molecule has 2 rings (SSSR count). The van der Waals surface area contributed by atoms with E-state index in [2.05, 4.69) is 5.10 Å². The van der Waals surface area contributed by atoms with Gasteiger partial charge in [-0.2, -0.15) is 5.10 Å². The highest BCUT2D eigenvalue weighted by Crippen LogP contribution is 2.24. The van der Waals surface area contributed by atoms with Crippen molar-refractivity contribution in [2.75, 3.05) is 7.11 Å². The summed E-state index contributed by atoms with van der Waals surface area (Å²) in [6.07, 6.45) is 1.23. The highest BCUT2D eigenvalue weighted by Gasteiger charge is 2.14. The van der Waals surface area contributed by atoms with Crippen molar-refractivity contribution >= 4 is 28.9 Å². The molecular weight excluding hydrogens is 321 g/mol. The van der Waals surface area contributed by atoms with Crippen LogP contribution in [0.15, 0.2) is 29.2 Å². The van der Waals surface area contributed by atoms with Gasteiger partial charge in [0.05, 0.1) is 29.8 Å². The smallest absolute Gasteiger partial charge is 0.287 e. The van der Waals surface area contributed by atoms with E-state index >= 15 is 0 Å². The first-order chi connectivity index (χ1) is 9.93. The van der Waals surface area contributed by atoms with E-state index in [1.54, 1.807) is 0 Å². The van der Waals surface area contributed by atoms with Crippen molar-refractivity contribution in [3.05, 3.63) is 60.5 Å². The van der Waals surface area contributed by atoms with Crippen molar-refractivity contribution in [1.82, 2.24) is 9.78 Å². The number of rotatable bonds is 4. The molecule has 1 aromatic carbocycles. The van der Waals surface area contributed by atoms with Crippen LogP contribution in [0, 0.1) is 10.1 Å². The predicted octanol–water partition coefficient (Wildman–Crippen LogP) is 2.52. The Kier molecular flexibility index (Phi) is 4.44. The molecule has 1 heterocycles. The number of nitro benzene ring substituents is 1. The number of halogens is 2. The van der Waals surface area contributed by atoms with E-state index in [0.717, 1.165) is 4.68 Å². The van der Waals surface area contributed by atoms with Crippen LogP contribution < -0.4 is 10.3 Å². The summed E-state index contributed by atoms with van der Waals surface area (Å²) in [7, 11) is 1.43. The van der Waals surface area contributed by atoms with Crippen molar-refractivity contribution in [2.45, 2.75) is 6.54 Å². The maximum Gasteiger partial charge on any atom is 0.287 e. The molecule has 0 atom stereocenters. The highest BCUT2D eigenvalue weighted by molar-refractivity contribution is 6.41. The summed E-state index contributed by atoms with van der Waals surface area (Å²) in [5.74, 6) is 0.403. The molecule has 0 aliphatic heterocycles. The van der Waals surface area contributed by atoms with Gasteiger partial charge in [0.2, 0.25) is 0 Å². The van der Waals surface area contributed by atoms with Gasteiger partial charge in [-0.15, -0.1) is 0 Å². The first kappa shape index (κ1) is 15.3. The fraction of sp³-hybridized carbons (Fsp3) is 0.167. The molecule has 7 nitrogen and oxygen atoms in total. The van der Waals surface area contributed by atoms with Crippen molar-refractivity contribution in [1.29, 1.82) is 0 Å². The van der Waals surface area contributed by atoms with E-state index in [-0.39, 0.29) is 22.3 Å². The molecule has 9 heteroatoms. The predicted molar refractivity (Wildman–Crippen MR) is 77.3 cm³/mol. The number of aromatic nitrogens is 2. The van der Waals surface area contributed by atoms with Crippen LogP contribution >= 0.6 is 23.2 Å². The largest absolute Gasteiger partial charge is 0.496 e. The second kappa shape index (κ2) is 6.11. The molecule has 0 radical (unpaired) electrons. The van der Waals surface area contributed by atoms with Crippen LogP contribution in [-0.4, -0.2) is 21.8 Å². The van der Waals surface area contributed by atoms with Gasteiger partial charge < -0.3 is 4.74 Å². The Hall–Kier alpha value is -2.12. The normalized spacial score (nSPS) is 10.4. The second-order valence-corrected chi connectivity index (χ2v) is 4.81. The van der Waals surface area contributed by atoms with Crippen molar-refractivity contribution in [3.8, 4) is 5.75 Å². The summed E-state index contributed by atoms with van der Waals surface area (Å²) in [5, 5.41) is 14.5. The summed E-state index contributed by atoms with van der Waals surface area (Å²) >= 11 is 11.5. The fourth-order valence-corrected chi connectivity index (χ4v) is 1.99. The van der Waals surface area contributed by atoms with Gasteiger partial charge >= 0.3 is 0 Å². The van der Waals surface area contributed by atoms with Gasteiger partial charge in [-0.05, 0) is 6.07 Å². The Morgan fingerprint density at radius 2 is 2.14 bits per heavy atom. The standard InChI is InChI=1S/C12H9Cl2N3O4/c1-21-10-3-2-8(17(19)20)4-7(10)6-16-12(18)11(14)9(13)5-15-16/h2-5H,6H2,1H3. The van der Waals surface area contributed by atoms with E-state index in [1.807, 2.05) is 0 Å². The third kappa shape index (κ3) is 3.14. The van der Waals surface area contributed by atoms with Gasteiger partial charge in [-0.25, -0.2) is 4.68 Å². The molecule has 0 N–H and O–H groups in total. The van der Waals surface area contributed by atoms with Crippen LogP contribution in [0.5, 0.6) is 5.75 Å². The molecule has 0 saturated carbocycles. The zero-order valence-electron chi connectivity index (χ0n) is 10.7. The number of benzene rings is 1. The van der Waals surface area contributed by atoms with Crippen molar-refractivity contribution in [2.24, 2.45) is 0 Å². The topological polar surface area (TPSA) is 87.3 Å². The van der Waals surface area contributed by atoms with E-state index in [9.17, 15) is 14.9 Å². The molecule has 0 saturated heterocycles. The van der Waals surface area contributed by atoms with Crippen LogP contribution in [0.1, 0.15) is 5.56 Å². The van der Waals surface area contributed by atoms with Gasteiger partial charge in [-0.3, -0.25) is 14.9 Å². The first-order valence-corrected chi connectivity index (χ1v) is 6.42. The lowest BCUT2D eigenvalue weighted by molar-refractivity contribution is -0.384. The van der Waals surface area contributed by atoms with E-state index in [0.29, 0.717) is 11.3 Å². The number of methoxy groups -OCH3 is 1. The number of nitro groups is 1. The Bertz CT molecular complexity index is 761. The number of hydrogen-bond donors (Lipinski definition) is 0. The maximum atomic E-state index is 11.9. The Morgan fingerprint density at radius 3 is 2.76 bits per heavy atom. The lowest BCUT2D eigenvalue weighted by atomic mass is 10.1. The van der Waals surface area contributed by atoms with Gasteiger partial charge in [0.1, 0.15) is 10.8 Å². The number of non-ortho nitro benzene ring substituents is 1. The number of ether oxygens (including phenoxy) is 1. The van der Waals surface area contributed by atoms with Crippen molar-refractivity contribution < 1.29 is 9.66 Å². The molecule has 21 heavy (non-hydrogen) atoms. The lowest BCUT2D eigenvalue weighted by Crippen LogP contribution is -2.24. The summed E-state index contributed by atoms with van der Waals surface area (Å²) in [5.41, 5.74) is -0.267. The van der Waals surface area contributed by atoms with Crippen LogP contribution in [0.2, 0.25) is 10.0 Å². The van der Waals surface area contributed by atoms with Gasteiger partial charge in [0.15, 0.2) is 0 Å². The Balaban J connectivity index is 2.48. The molecule has 1 aromatic heterocycles. The summed E-state index contributed by atoms with van der Waals surface area (Å²) in [6.45, 7) is -0.0272. The third-order valence-electron chi connectivity index (χ3n) is 2.74. The molecule has 0 spiro atoms. The summed E-state index contributed by atoms with van der Waals surface area (Å²) < 4.78 is 6.17. The summed E-state index contributed by atoms with van der Waals surface area (Å²) in [4.78, 5) is 22.2. The Labute approximate surface area is 128 Å². The van der Waals surface area contributed by atoms with Gasteiger partial charge in [0.25, 0.3) is 11.2 Å². The summed E-state index contributed by atoms with van der Waals surface area (Å²) in [6, 6.07) is 4.08. The second-order valence-electron chi connectivity index (χ2n) is 4.02. The fourth-order valence-electron chi connectivity index (χ4n) is 1.72. The molecule has 2 aromatic rings. The van der Waals surface area contributed by atoms with Crippen LogP contribution in [-0.2, 0) is 6.54 Å². The Morgan fingerprint density at radius 1 is 1.43 bits per heavy atom. The average Bonchev–Trinajstić information content (AvgIpc) is 2.47. The van der Waals surface area contributed by atoms with Gasteiger partial charge in [0, 0.05) is 17.7 Å². The number of nitrogens with zero attached hydrogens (tertiary/aromatic N) is 3. The highest BCUT2D eigenvalue weighted by atomic mass is 35.5. The molecule has 0 unspecified atom stereocenters. The average molecular weight is 330 g/mol. The minimum Gasteiger partial charge on any atom is -0.496 e. The molecule has 0 aliphatic rings. The SMILES string of the molecule is COc1ccc([N+](=O)[O-])cc1Cn1ncc(Cl)c(Cl)c1=O. The maximum absolute atomic E-state index is 11.9. The minimum atomic E-state index is -0.585. The third-order valence-corrected chi connectivity index (χ3v) is 3.49. The minimum absolute atomic E-state index is 0.0272. The molecular formula is C12H9Cl2N3O4. The van der Waals surface area contributed by atoms with Crippen molar-refractivity contribution in [3.63, 3.8) is 0 Å². The number of hydrogen-bond acceptors (Lipinski definition) is 5. The zero-order chi connectivity index (χ0) is 15.6.